The smallest absolute Gasteiger partial charge is 0.272 e. The van der Waals surface area contributed by atoms with Gasteiger partial charge in [-0.15, -0.1) is 0 Å². The summed E-state index contributed by atoms with van der Waals surface area (Å²) >= 11 is 5.94. The first kappa shape index (κ1) is 18.8. The van der Waals surface area contributed by atoms with Gasteiger partial charge in [-0.25, -0.2) is 9.97 Å². The Balaban J connectivity index is 1.73. The first-order chi connectivity index (χ1) is 12.7. The van der Waals surface area contributed by atoms with Gasteiger partial charge in [-0.3, -0.25) is 4.79 Å². The first-order valence-corrected chi connectivity index (χ1v) is 9.66. The molecule has 26 heavy (non-hydrogen) atoms. The van der Waals surface area contributed by atoms with Gasteiger partial charge in [0.1, 0.15) is 5.69 Å². The largest absolute Gasteiger partial charge is 0.336 e. The Labute approximate surface area is 160 Å². The quantitative estimate of drug-likeness (QED) is 0.742. The van der Waals surface area contributed by atoms with Crippen molar-refractivity contribution in [1.29, 1.82) is 0 Å². The van der Waals surface area contributed by atoms with E-state index in [0.29, 0.717) is 16.5 Å². The molecule has 1 fully saturated rings. The van der Waals surface area contributed by atoms with Crippen molar-refractivity contribution in [2.45, 2.75) is 26.2 Å². The molecule has 1 amide bonds. The van der Waals surface area contributed by atoms with Crippen LogP contribution in [0.1, 0.15) is 36.7 Å². The molecule has 2 heterocycles. The van der Waals surface area contributed by atoms with Gasteiger partial charge in [-0.1, -0.05) is 18.5 Å². The van der Waals surface area contributed by atoms with Gasteiger partial charge in [-0.2, -0.15) is 0 Å². The van der Waals surface area contributed by atoms with E-state index in [1.807, 2.05) is 17.0 Å². The van der Waals surface area contributed by atoms with Crippen molar-refractivity contribution in [2.24, 2.45) is 0 Å². The van der Waals surface area contributed by atoms with Crippen LogP contribution in [-0.2, 0) is 0 Å². The lowest BCUT2D eigenvalue weighted by molar-refractivity contribution is 0.0734. The molecule has 138 valence electrons. The molecule has 1 saturated heterocycles. The molecule has 0 N–H and O–H groups in total. The molecule has 1 aliphatic rings. The Bertz CT molecular complexity index is 729. The number of aromatic nitrogens is 2. The summed E-state index contributed by atoms with van der Waals surface area (Å²) in [6.07, 6.45) is 5.10. The lowest BCUT2D eigenvalue weighted by atomic mass is 10.2. The number of carbonyl (C=O) groups excluding carboxylic acids is 1. The Kier molecular flexibility index (Phi) is 6.58. The Morgan fingerprint density at radius 1 is 1.15 bits per heavy atom. The molecule has 0 aliphatic carbocycles. The van der Waals surface area contributed by atoms with Crippen molar-refractivity contribution in [2.75, 3.05) is 32.7 Å². The average Bonchev–Trinajstić information content (AvgIpc) is 3.19. The second kappa shape index (κ2) is 9.10. The van der Waals surface area contributed by atoms with Gasteiger partial charge in [0.2, 0.25) is 0 Å². The van der Waals surface area contributed by atoms with Crippen LogP contribution in [0, 0.1) is 0 Å². The maximum Gasteiger partial charge on any atom is 0.272 e. The molecule has 0 atom stereocenters. The van der Waals surface area contributed by atoms with E-state index in [2.05, 4.69) is 21.8 Å². The SMILES string of the molecule is CCCN(CCN1CCCC1)C(=O)c1ccnc(-c2ccc(Cl)cc2)n1. The molecule has 0 saturated carbocycles. The first-order valence-electron chi connectivity index (χ1n) is 9.28. The van der Waals surface area contributed by atoms with Gasteiger partial charge in [-0.05, 0) is 62.7 Å². The van der Waals surface area contributed by atoms with E-state index < -0.39 is 0 Å². The normalized spacial score (nSPS) is 14.5. The average molecular weight is 373 g/mol. The van der Waals surface area contributed by atoms with Gasteiger partial charge in [0.25, 0.3) is 5.91 Å². The number of hydrogen-bond acceptors (Lipinski definition) is 4. The van der Waals surface area contributed by atoms with Crippen molar-refractivity contribution < 1.29 is 4.79 Å². The van der Waals surface area contributed by atoms with Crippen molar-refractivity contribution in [3.8, 4) is 11.4 Å². The van der Waals surface area contributed by atoms with Crippen LogP contribution < -0.4 is 0 Å². The van der Waals surface area contributed by atoms with E-state index in [9.17, 15) is 4.79 Å². The summed E-state index contributed by atoms with van der Waals surface area (Å²) in [5.74, 6) is 0.521. The summed E-state index contributed by atoms with van der Waals surface area (Å²) in [4.78, 5) is 26.1. The molecule has 6 heteroatoms. The monoisotopic (exact) mass is 372 g/mol. The van der Waals surface area contributed by atoms with Gasteiger partial charge in [0.15, 0.2) is 5.82 Å². The number of likely N-dealkylation sites (tertiary alicyclic amines) is 1. The summed E-state index contributed by atoms with van der Waals surface area (Å²) < 4.78 is 0. The van der Waals surface area contributed by atoms with Crippen molar-refractivity contribution in [3.05, 3.63) is 47.2 Å². The van der Waals surface area contributed by atoms with Crippen LogP contribution in [0.15, 0.2) is 36.5 Å². The number of halogens is 1. The van der Waals surface area contributed by atoms with E-state index in [0.717, 1.165) is 44.7 Å². The third-order valence-corrected chi connectivity index (χ3v) is 4.89. The molecule has 1 aromatic heterocycles. The molecule has 2 aromatic rings. The zero-order chi connectivity index (χ0) is 18.4. The van der Waals surface area contributed by atoms with Crippen LogP contribution in [-0.4, -0.2) is 58.4 Å². The van der Waals surface area contributed by atoms with E-state index in [1.165, 1.54) is 12.8 Å². The van der Waals surface area contributed by atoms with Crippen LogP contribution in [0.25, 0.3) is 11.4 Å². The molecule has 5 nitrogen and oxygen atoms in total. The van der Waals surface area contributed by atoms with Crippen LogP contribution in [0.3, 0.4) is 0 Å². The highest BCUT2D eigenvalue weighted by molar-refractivity contribution is 6.30. The topological polar surface area (TPSA) is 49.3 Å². The molecule has 3 rings (SSSR count). The Hall–Kier alpha value is -1.98. The van der Waals surface area contributed by atoms with Gasteiger partial charge < -0.3 is 9.80 Å². The predicted molar refractivity (Wildman–Crippen MR) is 104 cm³/mol. The molecule has 0 radical (unpaired) electrons. The zero-order valence-electron chi connectivity index (χ0n) is 15.2. The molecule has 0 spiro atoms. The summed E-state index contributed by atoms with van der Waals surface area (Å²) in [6, 6.07) is 9.02. The second-order valence-electron chi connectivity index (χ2n) is 6.61. The van der Waals surface area contributed by atoms with E-state index >= 15 is 0 Å². The lowest BCUT2D eigenvalue weighted by Crippen LogP contribution is -2.38. The summed E-state index contributed by atoms with van der Waals surface area (Å²) in [5.41, 5.74) is 1.29. The van der Waals surface area contributed by atoms with E-state index in [4.69, 9.17) is 11.6 Å². The molecule has 0 unspecified atom stereocenters. The highest BCUT2D eigenvalue weighted by Gasteiger charge is 2.19. The summed E-state index contributed by atoms with van der Waals surface area (Å²) in [6.45, 7) is 6.79. The highest BCUT2D eigenvalue weighted by Crippen LogP contribution is 2.18. The predicted octanol–water partition coefficient (Wildman–Crippen LogP) is 3.75. The van der Waals surface area contributed by atoms with Crippen LogP contribution in [0.4, 0.5) is 0 Å². The molecule has 0 bridgehead atoms. The number of amides is 1. The van der Waals surface area contributed by atoms with Crippen LogP contribution in [0.5, 0.6) is 0 Å². The lowest BCUT2D eigenvalue weighted by Gasteiger charge is -2.25. The van der Waals surface area contributed by atoms with Gasteiger partial charge >= 0.3 is 0 Å². The minimum Gasteiger partial charge on any atom is -0.336 e. The number of hydrogen-bond donors (Lipinski definition) is 0. The number of nitrogens with zero attached hydrogens (tertiary/aromatic N) is 4. The minimum atomic E-state index is -0.0244. The summed E-state index contributed by atoms with van der Waals surface area (Å²) in [5, 5.41) is 0.664. The molecular weight excluding hydrogens is 348 g/mol. The highest BCUT2D eigenvalue weighted by atomic mass is 35.5. The van der Waals surface area contributed by atoms with E-state index in [1.54, 1.807) is 24.4 Å². The third kappa shape index (κ3) is 4.80. The standard InChI is InChI=1S/C20H25ClN4O/c1-2-11-25(15-14-24-12-3-4-13-24)20(26)18-9-10-22-19(23-18)16-5-7-17(21)8-6-16/h5-10H,2-4,11-15H2,1H3. The zero-order valence-corrected chi connectivity index (χ0v) is 16.0. The number of benzene rings is 1. The second-order valence-corrected chi connectivity index (χ2v) is 7.05. The molecule has 1 aromatic carbocycles. The van der Waals surface area contributed by atoms with Crippen molar-refractivity contribution in [1.82, 2.24) is 19.8 Å². The molecule has 1 aliphatic heterocycles. The minimum absolute atomic E-state index is 0.0244. The van der Waals surface area contributed by atoms with Gasteiger partial charge in [0.05, 0.1) is 0 Å². The Morgan fingerprint density at radius 2 is 1.88 bits per heavy atom. The number of rotatable bonds is 7. The fourth-order valence-electron chi connectivity index (χ4n) is 3.23. The maximum atomic E-state index is 13.0. The van der Waals surface area contributed by atoms with Crippen LogP contribution in [0.2, 0.25) is 5.02 Å². The van der Waals surface area contributed by atoms with Crippen LogP contribution >= 0.6 is 11.6 Å². The summed E-state index contributed by atoms with van der Waals surface area (Å²) in [7, 11) is 0. The Morgan fingerprint density at radius 3 is 2.58 bits per heavy atom. The molecular formula is C20H25ClN4O. The maximum absolute atomic E-state index is 13.0. The van der Waals surface area contributed by atoms with E-state index in [-0.39, 0.29) is 5.91 Å². The van der Waals surface area contributed by atoms with Gasteiger partial charge in [0, 0.05) is 36.4 Å². The fourth-order valence-corrected chi connectivity index (χ4v) is 3.36. The number of carbonyl (C=O) groups is 1. The fraction of sp³-hybridized carbons (Fsp3) is 0.450. The third-order valence-electron chi connectivity index (χ3n) is 4.64. The van der Waals surface area contributed by atoms with Crippen molar-refractivity contribution in [3.63, 3.8) is 0 Å². The van der Waals surface area contributed by atoms with Crippen molar-refractivity contribution >= 4 is 17.5 Å².